The highest BCUT2D eigenvalue weighted by Crippen LogP contribution is 2.29. The first-order chi connectivity index (χ1) is 7.27. The minimum Gasteiger partial charge on any atom is -0.294 e. The minimum absolute atomic E-state index is 0.161. The second-order valence-corrected chi connectivity index (χ2v) is 4.54. The van der Waals surface area contributed by atoms with Crippen molar-refractivity contribution in [1.29, 1.82) is 0 Å². The summed E-state index contributed by atoms with van der Waals surface area (Å²) in [5, 5.41) is 0.473. The summed E-state index contributed by atoms with van der Waals surface area (Å²) in [6.07, 6.45) is 8.70. The van der Waals surface area contributed by atoms with Crippen LogP contribution in [0.5, 0.6) is 0 Å². The Labute approximate surface area is 94.7 Å². The molecule has 0 bridgehead atoms. The number of hydrogen-bond acceptors (Lipinski definition) is 2. The first-order valence-electron chi connectivity index (χ1n) is 5.40. The fourth-order valence-electron chi connectivity index (χ4n) is 2.19. The van der Waals surface area contributed by atoms with Crippen LogP contribution in [-0.2, 0) is 0 Å². The van der Waals surface area contributed by atoms with E-state index < -0.39 is 0 Å². The van der Waals surface area contributed by atoms with Gasteiger partial charge in [-0.1, -0.05) is 37.3 Å². The predicted octanol–water partition coefficient (Wildman–Crippen LogP) is 3.50. The molecule has 0 spiro atoms. The summed E-state index contributed by atoms with van der Waals surface area (Å²) < 4.78 is 0. The molecule has 0 N–H and O–H groups in total. The molecule has 1 aliphatic carbocycles. The molecule has 0 radical (unpaired) electrons. The summed E-state index contributed by atoms with van der Waals surface area (Å²) in [4.78, 5) is 15.8. The van der Waals surface area contributed by atoms with E-state index in [0.717, 1.165) is 0 Å². The molecule has 2 rings (SSSR count). The van der Waals surface area contributed by atoms with E-state index in [1.807, 2.05) is 0 Å². The quantitative estimate of drug-likeness (QED) is 0.735. The fourth-order valence-corrected chi connectivity index (χ4v) is 2.41. The van der Waals surface area contributed by atoms with Gasteiger partial charge in [-0.3, -0.25) is 9.78 Å². The van der Waals surface area contributed by atoms with Gasteiger partial charge in [0.2, 0.25) is 0 Å². The number of carbonyl (C=O) groups excluding carboxylic acids is 1. The molecule has 0 unspecified atom stereocenters. The number of nitrogens with zero attached hydrogens (tertiary/aromatic N) is 1. The van der Waals surface area contributed by atoms with Crippen LogP contribution in [-0.4, -0.2) is 10.8 Å². The monoisotopic (exact) mass is 223 g/mol. The van der Waals surface area contributed by atoms with Gasteiger partial charge in [-0.2, -0.15) is 0 Å². The van der Waals surface area contributed by atoms with E-state index in [4.69, 9.17) is 11.6 Å². The van der Waals surface area contributed by atoms with E-state index in [1.165, 1.54) is 31.9 Å². The fraction of sp³-hybridized carbons (Fsp3) is 0.500. The maximum absolute atomic E-state index is 11.9. The molecule has 15 heavy (non-hydrogen) atoms. The lowest BCUT2D eigenvalue weighted by Gasteiger charge is -2.08. The van der Waals surface area contributed by atoms with Gasteiger partial charge in [0, 0.05) is 24.4 Å². The molecule has 0 aromatic carbocycles. The van der Waals surface area contributed by atoms with Crippen LogP contribution < -0.4 is 0 Å². The number of hydrogen-bond donors (Lipinski definition) is 0. The highest BCUT2D eigenvalue weighted by Gasteiger charge is 2.20. The van der Waals surface area contributed by atoms with E-state index in [2.05, 4.69) is 4.98 Å². The van der Waals surface area contributed by atoms with Gasteiger partial charge >= 0.3 is 0 Å². The second kappa shape index (κ2) is 4.75. The molecule has 1 heterocycles. The topological polar surface area (TPSA) is 30.0 Å². The third-order valence-electron chi connectivity index (χ3n) is 3.02. The molecule has 1 aromatic rings. The molecule has 0 aliphatic heterocycles. The number of aromatic nitrogens is 1. The number of halogens is 1. The van der Waals surface area contributed by atoms with Crippen LogP contribution in [0.3, 0.4) is 0 Å². The normalized spacial score (nSPS) is 16.9. The van der Waals surface area contributed by atoms with Crippen LogP contribution in [0.15, 0.2) is 18.5 Å². The highest BCUT2D eigenvalue weighted by molar-refractivity contribution is 6.33. The summed E-state index contributed by atoms with van der Waals surface area (Å²) in [6.45, 7) is 0. The van der Waals surface area contributed by atoms with Crippen molar-refractivity contribution >= 4 is 17.4 Å². The molecule has 2 nitrogen and oxygen atoms in total. The van der Waals surface area contributed by atoms with Crippen molar-refractivity contribution in [2.75, 3.05) is 0 Å². The van der Waals surface area contributed by atoms with E-state index >= 15 is 0 Å². The van der Waals surface area contributed by atoms with Gasteiger partial charge in [0.05, 0.1) is 5.02 Å². The Kier molecular flexibility index (Phi) is 3.37. The van der Waals surface area contributed by atoms with Crippen molar-refractivity contribution in [3.63, 3.8) is 0 Å². The van der Waals surface area contributed by atoms with Gasteiger partial charge in [-0.25, -0.2) is 0 Å². The van der Waals surface area contributed by atoms with Crippen molar-refractivity contribution in [1.82, 2.24) is 4.98 Å². The Morgan fingerprint density at radius 1 is 1.47 bits per heavy atom. The van der Waals surface area contributed by atoms with E-state index in [0.29, 0.717) is 22.9 Å². The smallest absolute Gasteiger partial charge is 0.164 e. The van der Waals surface area contributed by atoms with Crippen LogP contribution in [0.4, 0.5) is 0 Å². The molecule has 0 saturated heterocycles. The van der Waals surface area contributed by atoms with Gasteiger partial charge < -0.3 is 0 Å². The van der Waals surface area contributed by atoms with E-state index in [1.54, 1.807) is 12.3 Å². The van der Waals surface area contributed by atoms with Crippen molar-refractivity contribution in [3.05, 3.63) is 29.0 Å². The van der Waals surface area contributed by atoms with Crippen LogP contribution in [0.2, 0.25) is 5.02 Å². The number of ketones is 1. The van der Waals surface area contributed by atoms with Crippen molar-refractivity contribution < 1.29 is 4.79 Å². The average Bonchev–Trinajstić information content (AvgIpc) is 2.71. The maximum Gasteiger partial charge on any atom is 0.164 e. The largest absolute Gasteiger partial charge is 0.294 e. The van der Waals surface area contributed by atoms with Crippen LogP contribution >= 0.6 is 11.6 Å². The molecule has 80 valence electrons. The molecule has 0 amide bonds. The Morgan fingerprint density at radius 3 is 2.87 bits per heavy atom. The summed E-state index contributed by atoms with van der Waals surface area (Å²) in [6, 6.07) is 1.71. The molecule has 3 heteroatoms. The molecular formula is C12H14ClNO. The van der Waals surface area contributed by atoms with Crippen LogP contribution in [0.1, 0.15) is 42.5 Å². The summed E-state index contributed by atoms with van der Waals surface area (Å²) >= 11 is 5.92. The first kappa shape index (κ1) is 10.6. The van der Waals surface area contributed by atoms with Gasteiger partial charge in [0.25, 0.3) is 0 Å². The zero-order chi connectivity index (χ0) is 10.7. The number of rotatable bonds is 3. The van der Waals surface area contributed by atoms with Crippen LogP contribution in [0.25, 0.3) is 0 Å². The SMILES string of the molecule is O=C(CC1CCCC1)c1ccncc1Cl. The third-order valence-corrected chi connectivity index (χ3v) is 3.32. The van der Waals surface area contributed by atoms with Gasteiger partial charge in [0.15, 0.2) is 5.78 Å². The molecule has 1 fully saturated rings. The van der Waals surface area contributed by atoms with Gasteiger partial charge in [-0.15, -0.1) is 0 Å². The van der Waals surface area contributed by atoms with Crippen LogP contribution in [0, 0.1) is 5.92 Å². The second-order valence-electron chi connectivity index (χ2n) is 4.13. The maximum atomic E-state index is 11.9. The molecule has 1 aliphatic rings. The Morgan fingerprint density at radius 2 is 2.20 bits per heavy atom. The van der Waals surface area contributed by atoms with Gasteiger partial charge in [0.1, 0.15) is 0 Å². The molecule has 0 atom stereocenters. The van der Waals surface area contributed by atoms with Gasteiger partial charge in [-0.05, 0) is 12.0 Å². The van der Waals surface area contributed by atoms with E-state index in [-0.39, 0.29) is 5.78 Å². The van der Waals surface area contributed by atoms with Crippen molar-refractivity contribution in [2.45, 2.75) is 32.1 Å². The molecular weight excluding hydrogens is 210 g/mol. The highest BCUT2D eigenvalue weighted by atomic mass is 35.5. The summed E-state index contributed by atoms with van der Waals surface area (Å²) in [5.41, 5.74) is 0.624. The summed E-state index contributed by atoms with van der Waals surface area (Å²) in [7, 11) is 0. The average molecular weight is 224 g/mol. The predicted molar refractivity (Wildman–Crippen MR) is 60.2 cm³/mol. The van der Waals surface area contributed by atoms with Crippen molar-refractivity contribution in [3.8, 4) is 0 Å². The van der Waals surface area contributed by atoms with Crippen molar-refractivity contribution in [2.24, 2.45) is 5.92 Å². The zero-order valence-corrected chi connectivity index (χ0v) is 9.33. The minimum atomic E-state index is 0.161. The standard InChI is InChI=1S/C12H14ClNO/c13-11-8-14-6-5-10(11)12(15)7-9-3-1-2-4-9/h5-6,8-9H,1-4,7H2. The Hall–Kier alpha value is -0.890. The lowest BCUT2D eigenvalue weighted by atomic mass is 9.97. The number of pyridine rings is 1. The molecule has 1 saturated carbocycles. The Balaban J connectivity index is 2.04. The lowest BCUT2D eigenvalue weighted by Crippen LogP contribution is -2.06. The zero-order valence-electron chi connectivity index (χ0n) is 8.58. The molecule has 1 aromatic heterocycles. The lowest BCUT2D eigenvalue weighted by molar-refractivity contribution is 0.0962. The third kappa shape index (κ3) is 2.57. The number of Topliss-reactive ketones (excluding diaryl/α,β-unsaturated/α-hetero) is 1. The number of carbonyl (C=O) groups is 1. The van der Waals surface area contributed by atoms with E-state index in [9.17, 15) is 4.79 Å². The first-order valence-corrected chi connectivity index (χ1v) is 5.78. The summed E-state index contributed by atoms with van der Waals surface area (Å²) in [5.74, 6) is 0.732. The Bertz CT molecular complexity index is 358.